The predicted molar refractivity (Wildman–Crippen MR) is 109 cm³/mol. The highest BCUT2D eigenvalue weighted by Gasteiger charge is 2.66. The molecule has 6 atom stereocenters. The Morgan fingerprint density at radius 2 is 1.93 bits per heavy atom. The van der Waals surface area contributed by atoms with Crippen molar-refractivity contribution < 1.29 is 24.2 Å². The molecule has 2 saturated carbocycles. The number of hydrogen-bond donors (Lipinski definition) is 1. The molecule has 0 aromatic rings. The number of methoxy groups -OCH3 is 1. The minimum atomic E-state index is -0.993. The van der Waals surface area contributed by atoms with Crippen molar-refractivity contribution in [2.45, 2.75) is 71.3 Å². The molecule has 0 aromatic heterocycles. The number of aliphatic hydroxyl groups is 1. The summed E-state index contributed by atoms with van der Waals surface area (Å²) in [5.41, 5.74) is 1.10. The van der Waals surface area contributed by atoms with Gasteiger partial charge in [0.05, 0.1) is 19.5 Å². The SMILES string of the molecule is COC1=CC2=C(CO)C[C@@H]3[C@H](CC[C@@]4(C)[C@H]3CC[C@]4(OC(C)=O)C(C)=O)[C@H]2CC1. The maximum Gasteiger partial charge on any atom is 0.303 e. The number of fused-ring (bicyclic) bond motifs is 5. The molecular weight excluding hydrogens is 368 g/mol. The van der Waals surface area contributed by atoms with Crippen LogP contribution >= 0.6 is 0 Å². The summed E-state index contributed by atoms with van der Waals surface area (Å²) >= 11 is 0. The average molecular weight is 403 g/mol. The second-order valence-electron chi connectivity index (χ2n) is 9.79. The number of Topliss-reactive ketones (excluding diaryl/α,β-unsaturated/α-hetero) is 1. The first-order valence-corrected chi connectivity index (χ1v) is 11.1. The number of aliphatic hydroxyl groups excluding tert-OH is 1. The highest BCUT2D eigenvalue weighted by Crippen LogP contribution is 2.66. The third-order valence-electron chi connectivity index (χ3n) is 8.78. The second-order valence-corrected chi connectivity index (χ2v) is 9.79. The molecule has 0 spiro atoms. The zero-order chi connectivity index (χ0) is 21.0. The summed E-state index contributed by atoms with van der Waals surface area (Å²) in [6.07, 6.45) is 8.51. The van der Waals surface area contributed by atoms with Crippen LogP contribution in [0, 0.1) is 29.1 Å². The largest absolute Gasteiger partial charge is 0.501 e. The fourth-order valence-corrected chi connectivity index (χ4v) is 7.51. The molecule has 4 aliphatic carbocycles. The average Bonchev–Trinajstić information content (AvgIpc) is 2.99. The Kier molecular flexibility index (Phi) is 5.17. The summed E-state index contributed by atoms with van der Waals surface area (Å²) < 4.78 is 11.3. The van der Waals surface area contributed by atoms with Gasteiger partial charge in [-0.05, 0) is 86.3 Å². The Labute approximate surface area is 173 Å². The van der Waals surface area contributed by atoms with Gasteiger partial charge in [-0.3, -0.25) is 9.59 Å². The van der Waals surface area contributed by atoms with E-state index < -0.39 is 5.60 Å². The number of ether oxygens (including phenoxy) is 2. The number of allylic oxidation sites excluding steroid dienone is 3. The standard InChI is InChI=1S/C24H34O5/c1-14(26)24(29-15(2)27)10-8-22-21-11-16(13-25)20-12-17(28-4)5-6-18(20)19(21)7-9-23(22,24)3/h12,18-19,21-22,25H,5-11,13H2,1-4H3/t18-,19-,21-,22+,23+,24+/m1/s1. The lowest BCUT2D eigenvalue weighted by Gasteiger charge is -2.55. The summed E-state index contributed by atoms with van der Waals surface area (Å²) in [5, 5.41) is 10.1. The zero-order valence-corrected chi connectivity index (χ0v) is 18.1. The van der Waals surface area contributed by atoms with Gasteiger partial charge in [0.15, 0.2) is 11.4 Å². The molecule has 0 bridgehead atoms. The van der Waals surface area contributed by atoms with Crippen molar-refractivity contribution in [2.24, 2.45) is 29.1 Å². The number of carbonyl (C=O) groups excluding carboxylic acids is 2. The third-order valence-corrected chi connectivity index (χ3v) is 8.78. The molecule has 160 valence electrons. The number of ketones is 1. The molecule has 29 heavy (non-hydrogen) atoms. The normalized spacial score (nSPS) is 41.1. The molecule has 1 N–H and O–H groups in total. The summed E-state index contributed by atoms with van der Waals surface area (Å²) in [7, 11) is 1.72. The lowest BCUT2D eigenvalue weighted by atomic mass is 9.50. The van der Waals surface area contributed by atoms with Crippen LogP contribution in [0.5, 0.6) is 0 Å². The molecule has 0 aliphatic heterocycles. The Morgan fingerprint density at radius 3 is 2.55 bits per heavy atom. The van der Waals surface area contributed by atoms with Crippen LogP contribution in [0.4, 0.5) is 0 Å². The van der Waals surface area contributed by atoms with Crippen molar-refractivity contribution >= 4 is 11.8 Å². The van der Waals surface area contributed by atoms with Gasteiger partial charge < -0.3 is 14.6 Å². The number of hydrogen-bond acceptors (Lipinski definition) is 5. The maximum atomic E-state index is 12.8. The molecule has 0 heterocycles. The lowest BCUT2D eigenvalue weighted by molar-refractivity contribution is -0.185. The van der Waals surface area contributed by atoms with Gasteiger partial charge in [-0.1, -0.05) is 6.92 Å². The van der Waals surface area contributed by atoms with E-state index in [9.17, 15) is 14.7 Å². The smallest absolute Gasteiger partial charge is 0.303 e. The van der Waals surface area contributed by atoms with E-state index in [1.807, 2.05) is 0 Å². The minimum Gasteiger partial charge on any atom is -0.501 e. The Morgan fingerprint density at radius 1 is 1.17 bits per heavy atom. The highest BCUT2D eigenvalue weighted by molar-refractivity contribution is 5.89. The van der Waals surface area contributed by atoms with Gasteiger partial charge in [0.25, 0.3) is 0 Å². The Bertz CT molecular complexity index is 780. The molecular formula is C24H34O5. The Hall–Kier alpha value is -1.62. The van der Waals surface area contributed by atoms with Gasteiger partial charge in [0.1, 0.15) is 0 Å². The Balaban J connectivity index is 1.72. The van der Waals surface area contributed by atoms with Crippen molar-refractivity contribution in [1.29, 1.82) is 0 Å². The fourth-order valence-electron chi connectivity index (χ4n) is 7.51. The van der Waals surface area contributed by atoms with Gasteiger partial charge in [0.2, 0.25) is 0 Å². The molecule has 0 radical (unpaired) electrons. The fraction of sp³-hybridized carbons (Fsp3) is 0.750. The van der Waals surface area contributed by atoms with Crippen LogP contribution in [0.2, 0.25) is 0 Å². The molecule has 4 rings (SSSR count). The first-order chi connectivity index (χ1) is 13.8. The van der Waals surface area contributed by atoms with Gasteiger partial charge >= 0.3 is 5.97 Å². The second kappa shape index (κ2) is 7.26. The molecule has 0 saturated heterocycles. The molecule has 5 heteroatoms. The van der Waals surface area contributed by atoms with Crippen molar-refractivity contribution in [3.8, 4) is 0 Å². The first kappa shape index (κ1) is 20.6. The molecule has 2 fully saturated rings. The topological polar surface area (TPSA) is 72.8 Å². The first-order valence-electron chi connectivity index (χ1n) is 11.1. The van der Waals surface area contributed by atoms with Gasteiger partial charge in [0, 0.05) is 18.8 Å². The lowest BCUT2D eigenvalue weighted by Crippen LogP contribution is -2.57. The van der Waals surface area contributed by atoms with Gasteiger partial charge in [-0.15, -0.1) is 0 Å². The molecule has 0 unspecified atom stereocenters. The van der Waals surface area contributed by atoms with Crippen LogP contribution in [0.3, 0.4) is 0 Å². The molecule has 4 aliphatic rings. The van der Waals surface area contributed by atoms with Crippen LogP contribution < -0.4 is 0 Å². The van der Waals surface area contributed by atoms with Crippen molar-refractivity contribution in [2.75, 3.05) is 13.7 Å². The third kappa shape index (κ3) is 2.91. The summed E-state index contributed by atoms with van der Waals surface area (Å²) in [6.45, 7) is 5.24. The number of esters is 1. The van der Waals surface area contributed by atoms with Crippen molar-refractivity contribution in [3.05, 3.63) is 23.0 Å². The van der Waals surface area contributed by atoms with E-state index in [0.717, 1.165) is 49.9 Å². The van der Waals surface area contributed by atoms with E-state index in [0.29, 0.717) is 30.1 Å². The van der Waals surface area contributed by atoms with Crippen LogP contribution in [0.1, 0.15) is 65.7 Å². The molecule has 0 amide bonds. The van der Waals surface area contributed by atoms with Crippen LogP contribution in [-0.4, -0.2) is 36.2 Å². The highest BCUT2D eigenvalue weighted by atomic mass is 16.6. The number of carbonyl (C=O) groups is 2. The molecule has 0 aromatic carbocycles. The quantitative estimate of drug-likeness (QED) is 0.721. The van der Waals surface area contributed by atoms with E-state index in [4.69, 9.17) is 9.47 Å². The summed E-state index contributed by atoms with van der Waals surface area (Å²) in [6, 6.07) is 0. The van der Waals surface area contributed by atoms with Crippen LogP contribution in [-0.2, 0) is 19.1 Å². The van der Waals surface area contributed by atoms with Crippen molar-refractivity contribution in [3.63, 3.8) is 0 Å². The zero-order valence-electron chi connectivity index (χ0n) is 18.1. The van der Waals surface area contributed by atoms with Gasteiger partial charge in [-0.25, -0.2) is 0 Å². The summed E-state index contributed by atoms with van der Waals surface area (Å²) in [4.78, 5) is 24.7. The molecule has 5 nitrogen and oxygen atoms in total. The monoisotopic (exact) mass is 402 g/mol. The minimum absolute atomic E-state index is 0.0177. The van der Waals surface area contributed by atoms with Gasteiger partial charge in [-0.2, -0.15) is 0 Å². The summed E-state index contributed by atoms with van der Waals surface area (Å²) in [5.74, 6) is 2.41. The predicted octanol–water partition coefficient (Wildman–Crippen LogP) is 3.95. The van der Waals surface area contributed by atoms with Crippen LogP contribution in [0.15, 0.2) is 23.0 Å². The van der Waals surface area contributed by atoms with Crippen molar-refractivity contribution in [1.82, 2.24) is 0 Å². The maximum absolute atomic E-state index is 12.8. The van der Waals surface area contributed by atoms with E-state index in [2.05, 4.69) is 13.0 Å². The van der Waals surface area contributed by atoms with E-state index in [1.54, 1.807) is 14.0 Å². The van der Waals surface area contributed by atoms with E-state index in [-0.39, 0.29) is 23.8 Å². The van der Waals surface area contributed by atoms with E-state index in [1.165, 1.54) is 12.5 Å². The number of rotatable bonds is 4. The van der Waals surface area contributed by atoms with E-state index >= 15 is 0 Å². The van der Waals surface area contributed by atoms with Crippen LogP contribution in [0.25, 0.3) is 0 Å².